The molecule has 0 bridgehead atoms. The normalized spacial score (nSPS) is 23.3. The fraction of sp³-hybridized carbons (Fsp3) is 0.417. The number of imidazole rings is 1. The summed E-state index contributed by atoms with van der Waals surface area (Å²) in [5, 5.41) is 13.1. The van der Waals surface area contributed by atoms with Gasteiger partial charge in [0.2, 0.25) is 17.7 Å². The van der Waals surface area contributed by atoms with Crippen molar-refractivity contribution in [1.82, 2.24) is 24.1 Å². The van der Waals surface area contributed by atoms with Crippen LogP contribution >= 0.6 is 0 Å². The van der Waals surface area contributed by atoms with E-state index >= 15 is 4.39 Å². The number of aromatic hydroxyl groups is 1. The number of hydrogen-bond acceptors (Lipinski definition) is 9. The van der Waals surface area contributed by atoms with Crippen molar-refractivity contribution in [1.29, 1.82) is 0 Å². The molecule has 4 fully saturated rings. The van der Waals surface area contributed by atoms with E-state index in [4.69, 9.17) is 4.74 Å². The number of imide groups is 1. The van der Waals surface area contributed by atoms with Gasteiger partial charge in [0.25, 0.3) is 5.91 Å². The van der Waals surface area contributed by atoms with Gasteiger partial charge in [0.05, 0.1) is 24.1 Å². The highest BCUT2D eigenvalue weighted by Crippen LogP contribution is 2.41. The van der Waals surface area contributed by atoms with Crippen molar-refractivity contribution < 1.29 is 41.8 Å². The fourth-order valence-electron chi connectivity index (χ4n) is 8.11. The van der Waals surface area contributed by atoms with Gasteiger partial charge in [-0.2, -0.15) is 8.42 Å². The molecular formula is C36H37FN6O9S. The Morgan fingerprint density at radius 2 is 1.72 bits per heavy atom. The lowest BCUT2D eigenvalue weighted by Gasteiger charge is -2.40. The molecule has 3 aromatic carbocycles. The number of nitrogens with zero attached hydrogens (tertiary/aromatic N) is 4. The number of amides is 4. The second-order valence-electron chi connectivity index (χ2n) is 14.4. The van der Waals surface area contributed by atoms with Gasteiger partial charge in [-0.05, 0) is 85.2 Å². The molecule has 4 aliphatic rings. The number of phenolic OH excluding ortho intramolecular Hbond substituents is 1. The van der Waals surface area contributed by atoms with Crippen LogP contribution in [0, 0.1) is 11.7 Å². The Morgan fingerprint density at radius 1 is 0.962 bits per heavy atom. The van der Waals surface area contributed by atoms with E-state index in [0.717, 1.165) is 36.8 Å². The third-order valence-electron chi connectivity index (χ3n) is 11.0. The molecule has 53 heavy (non-hydrogen) atoms. The average Bonchev–Trinajstić information content (AvgIpc) is 3.51. The number of phenols is 1. The molecule has 3 aliphatic heterocycles. The second-order valence-corrected chi connectivity index (χ2v) is 16.0. The molecule has 3 saturated heterocycles. The number of nitrogens with one attached hydrogen (secondary N) is 2. The van der Waals surface area contributed by atoms with Crippen molar-refractivity contribution in [2.24, 2.45) is 13.0 Å². The smallest absolute Gasteiger partial charge is 0.329 e. The van der Waals surface area contributed by atoms with Gasteiger partial charge in [-0.3, -0.25) is 33.6 Å². The molecule has 278 valence electrons. The number of aromatic nitrogens is 2. The minimum Gasteiger partial charge on any atom is -0.506 e. The van der Waals surface area contributed by atoms with Crippen LogP contribution in [-0.4, -0.2) is 76.9 Å². The largest absolute Gasteiger partial charge is 0.506 e. The summed E-state index contributed by atoms with van der Waals surface area (Å²) in [5.74, 6) is -2.42. The maximum atomic E-state index is 15.6. The Morgan fingerprint density at radius 3 is 2.42 bits per heavy atom. The number of piperidine rings is 1. The van der Waals surface area contributed by atoms with E-state index < -0.39 is 51.9 Å². The number of likely N-dealkylation sites (tertiary alicyclic amines) is 1. The molecular weight excluding hydrogens is 711 g/mol. The SMILES string of the molecule is Cn1c(=O)n(C2CCC(=O)NC2=O)c2ccc(C3CCC(CC(=O)N4CC(Oc5ccc6cc(O)c(N7CC(=O)NS7(=O)=O)c(F)c6c5)C4)CC3)cc21. The summed E-state index contributed by atoms with van der Waals surface area (Å²) in [4.78, 5) is 63.9. The van der Waals surface area contributed by atoms with Crippen LogP contribution in [0.4, 0.5) is 10.1 Å². The quantitative estimate of drug-likeness (QED) is 0.239. The Balaban J connectivity index is 0.857. The first kappa shape index (κ1) is 34.6. The van der Waals surface area contributed by atoms with Gasteiger partial charge < -0.3 is 14.7 Å². The summed E-state index contributed by atoms with van der Waals surface area (Å²) in [6.45, 7) is 0.0746. The van der Waals surface area contributed by atoms with Gasteiger partial charge in [0.1, 0.15) is 35.9 Å². The van der Waals surface area contributed by atoms with Crippen molar-refractivity contribution in [3.8, 4) is 11.5 Å². The number of benzene rings is 3. The van der Waals surface area contributed by atoms with Crippen molar-refractivity contribution in [2.45, 2.75) is 63.0 Å². The number of aryl methyl sites for hydroxylation is 1. The first-order valence-electron chi connectivity index (χ1n) is 17.5. The van der Waals surface area contributed by atoms with E-state index in [1.807, 2.05) is 18.2 Å². The van der Waals surface area contributed by atoms with Crippen LogP contribution in [0.15, 0.2) is 47.3 Å². The highest BCUT2D eigenvalue weighted by Gasteiger charge is 2.39. The third-order valence-corrected chi connectivity index (χ3v) is 12.4. The zero-order valence-corrected chi connectivity index (χ0v) is 29.5. The number of ether oxygens (including phenoxy) is 1. The van der Waals surface area contributed by atoms with Gasteiger partial charge in [0, 0.05) is 25.3 Å². The van der Waals surface area contributed by atoms with Gasteiger partial charge >= 0.3 is 15.9 Å². The third kappa shape index (κ3) is 6.15. The standard InChI is InChI=1S/C36H37FN6O9S/c1-40-28-13-21(7-9-26(28)43(36(40)49)27-10-11-30(45)38-35(27)48)20-4-2-19(3-5-20)12-32(47)41-16-24(17-41)52-23-8-6-22-14-29(44)34(33(37)25(22)15-23)42-18-31(46)39-53(42,50)51/h6-9,13-15,19-20,24,27,44H,2-5,10-12,16-18H2,1H3,(H,39,46)(H,38,45,48). The van der Waals surface area contributed by atoms with E-state index in [-0.39, 0.29) is 53.7 Å². The van der Waals surface area contributed by atoms with Crippen LogP contribution < -0.4 is 24.8 Å². The predicted molar refractivity (Wildman–Crippen MR) is 189 cm³/mol. The van der Waals surface area contributed by atoms with Crippen LogP contribution in [0.2, 0.25) is 0 Å². The van der Waals surface area contributed by atoms with Gasteiger partial charge in [0.15, 0.2) is 5.82 Å². The maximum Gasteiger partial charge on any atom is 0.329 e. The van der Waals surface area contributed by atoms with E-state index in [2.05, 4.69) is 5.32 Å². The van der Waals surface area contributed by atoms with Gasteiger partial charge in [-0.15, -0.1) is 0 Å². The summed E-state index contributed by atoms with van der Waals surface area (Å²) in [6, 6.07) is 10.9. The fourth-order valence-corrected chi connectivity index (χ4v) is 9.28. The van der Waals surface area contributed by atoms with E-state index in [1.165, 1.54) is 22.8 Å². The lowest BCUT2D eigenvalue weighted by atomic mass is 9.77. The van der Waals surface area contributed by atoms with Crippen LogP contribution in [0.25, 0.3) is 21.8 Å². The summed E-state index contributed by atoms with van der Waals surface area (Å²) < 4.78 is 51.5. The van der Waals surface area contributed by atoms with Crippen LogP contribution in [0.3, 0.4) is 0 Å². The monoisotopic (exact) mass is 748 g/mol. The van der Waals surface area contributed by atoms with E-state index in [1.54, 1.807) is 27.3 Å². The van der Waals surface area contributed by atoms with Crippen LogP contribution in [0.5, 0.6) is 11.5 Å². The van der Waals surface area contributed by atoms with E-state index in [0.29, 0.717) is 40.5 Å². The summed E-state index contributed by atoms with van der Waals surface area (Å²) in [7, 11) is -2.66. The van der Waals surface area contributed by atoms with Crippen LogP contribution in [0.1, 0.15) is 62.5 Å². The first-order valence-corrected chi connectivity index (χ1v) is 19.0. The van der Waals surface area contributed by atoms with Crippen molar-refractivity contribution in [3.63, 3.8) is 0 Å². The molecule has 8 rings (SSSR count). The number of carbonyl (C=O) groups is 4. The second kappa shape index (κ2) is 12.9. The number of halogens is 1. The lowest BCUT2D eigenvalue weighted by Crippen LogP contribution is -2.56. The number of anilines is 1. The molecule has 1 unspecified atom stereocenters. The number of carbonyl (C=O) groups excluding carboxylic acids is 4. The number of rotatable bonds is 7. The molecule has 1 aliphatic carbocycles. The summed E-state index contributed by atoms with van der Waals surface area (Å²) in [6.07, 6.45) is 4.10. The topological polar surface area (TPSA) is 189 Å². The van der Waals surface area contributed by atoms with Crippen LogP contribution in [-0.2, 0) is 36.4 Å². The molecule has 4 amide bonds. The molecule has 0 radical (unpaired) electrons. The molecule has 15 nitrogen and oxygen atoms in total. The van der Waals surface area contributed by atoms with Crippen molar-refractivity contribution >= 4 is 61.3 Å². The van der Waals surface area contributed by atoms with Gasteiger partial charge in [-0.25, -0.2) is 18.2 Å². The summed E-state index contributed by atoms with van der Waals surface area (Å²) in [5.41, 5.74) is 1.56. The maximum absolute atomic E-state index is 15.6. The molecule has 1 aromatic heterocycles. The zero-order valence-electron chi connectivity index (χ0n) is 28.7. The minimum absolute atomic E-state index is 0.00213. The van der Waals surface area contributed by atoms with Gasteiger partial charge in [-0.1, -0.05) is 12.1 Å². The highest BCUT2D eigenvalue weighted by molar-refractivity contribution is 7.92. The first-order chi connectivity index (χ1) is 25.3. The van der Waals surface area contributed by atoms with Crippen molar-refractivity contribution in [2.75, 3.05) is 23.9 Å². The predicted octanol–water partition coefficient (Wildman–Crippen LogP) is 2.45. The average molecular weight is 749 g/mol. The number of fused-ring (bicyclic) bond motifs is 2. The molecule has 1 saturated carbocycles. The Bertz CT molecular complexity index is 2400. The Labute approximate surface area is 302 Å². The van der Waals surface area contributed by atoms with Crippen molar-refractivity contribution in [3.05, 3.63) is 64.3 Å². The molecule has 4 aromatic rings. The number of hydrogen-bond donors (Lipinski definition) is 3. The molecule has 4 heterocycles. The summed E-state index contributed by atoms with van der Waals surface area (Å²) >= 11 is 0. The Kier molecular flexibility index (Phi) is 8.42. The highest BCUT2D eigenvalue weighted by atomic mass is 32.2. The molecule has 3 N–H and O–H groups in total. The molecule has 17 heteroatoms. The minimum atomic E-state index is -4.35. The Hall–Kier alpha value is -5.45. The molecule has 1 atom stereocenters. The van der Waals surface area contributed by atoms with E-state index in [9.17, 15) is 37.5 Å². The zero-order chi connectivity index (χ0) is 37.3. The lowest BCUT2D eigenvalue weighted by molar-refractivity contribution is -0.141. The molecule has 0 spiro atoms.